The molecule has 8 heteroatoms. The molecule has 0 N–H and O–H groups in total. The second-order valence-corrected chi connectivity index (χ2v) is 9.46. The summed E-state index contributed by atoms with van der Waals surface area (Å²) in [5.74, 6) is 0.645. The number of hydrogen-bond acceptors (Lipinski definition) is 5. The summed E-state index contributed by atoms with van der Waals surface area (Å²) in [5.41, 5.74) is 5.54. The predicted octanol–water partition coefficient (Wildman–Crippen LogP) is 7.78. The van der Waals surface area contributed by atoms with E-state index in [0.717, 1.165) is 26.7 Å². The Balaban J connectivity index is 1.57. The van der Waals surface area contributed by atoms with Crippen LogP contribution in [0, 0.1) is 18.3 Å². The fourth-order valence-corrected chi connectivity index (χ4v) is 4.60. The van der Waals surface area contributed by atoms with E-state index in [4.69, 9.17) is 26.3 Å². The molecule has 37 heavy (non-hydrogen) atoms. The van der Waals surface area contributed by atoms with Gasteiger partial charge in [0.2, 0.25) is 0 Å². The molecule has 0 unspecified atom stereocenters. The zero-order chi connectivity index (χ0) is 26.4. The molecule has 0 fully saturated rings. The van der Waals surface area contributed by atoms with Crippen LogP contribution in [0.15, 0.2) is 71.5 Å². The molecule has 0 spiro atoms. The first-order chi connectivity index (χ1) is 17.9. The van der Waals surface area contributed by atoms with Crippen LogP contribution in [0.4, 0.5) is 4.39 Å². The van der Waals surface area contributed by atoms with Gasteiger partial charge in [-0.3, -0.25) is 9.78 Å². The van der Waals surface area contributed by atoms with Gasteiger partial charge >= 0.3 is 0 Å². The summed E-state index contributed by atoms with van der Waals surface area (Å²) in [7, 11) is 0. The summed E-state index contributed by atoms with van der Waals surface area (Å²) in [6.07, 6.45) is 3.70. The van der Waals surface area contributed by atoms with Crippen LogP contribution < -0.4 is 9.47 Å². The van der Waals surface area contributed by atoms with Crippen molar-refractivity contribution < 1.29 is 18.7 Å². The second-order valence-electron chi connectivity index (χ2n) is 8.20. The van der Waals surface area contributed by atoms with E-state index in [-0.39, 0.29) is 23.8 Å². The van der Waals surface area contributed by atoms with Crippen molar-refractivity contribution in [3.63, 3.8) is 0 Å². The largest absolute Gasteiger partial charge is 0.488 e. The normalized spacial score (nSPS) is 10.6. The molecule has 4 aromatic rings. The molecule has 0 aliphatic rings. The van der Waals surface area contributed by atoms with E-state index < -0.39 is 6.67 Å². The topological polar surface area (TPSA) is 72.2 Å². The zero-order valence-corrected chi connectivity index (χ0v) is 22.1. The maximum absolute atomic E-state index is 13.8. The SMILES string of the molecule is Cc1c(COc2cc(OCc3cncc(C#N)c3)c(C=O)cc2Cl)cccc1-c1cccc(Br)c1CF. The smallest absolute Gasteiger partial charge is 0.153 e. The van der Waals surface area contributed by atoms with Gasteiger partial charge in [0.15, 0.2) is 6.29 Å². The highest BCUT2D eigenvalue weighted by molar-refractivity contribution is 9.10. The number of pyridine rings is 1. The second kappa shape index (κ2) is 12.0. The van der Waals surface area contributed by atoms with Crippen molar-refractivity contribution in [3.05, 3.63) is 110 Å². The first-order valence-corrected chi connectivity index (χ1v) is 12.4. The maximum Gasteiger partial charge on any atom is 0.153 e. The van der Waals surface area contributed by atoms with Crippen LogP contribution in [0.1, 0.15) is 38.2 Å². The van der Waals surface area contributed by atoms with Crippen LogP contribution in [-0.2, 0) is 19.9 Å². The summed E-state index contributed by atoms with van der Waals surface area (Å²) < 4.78 is 26.4. The Labute approximate surface area is 227 Å². The van der Waals surface area contributed by atoms with Crippen LogP contribution in [-0.4, -0.2) is 11.3 Å². The number of aldehydes is 1. The summed E-state index contributed by atoms with van der Waals surface area (Å²) >= 11 is 9.83. The van der Waals surface area contributed by atoms with Gasteiger partial charge < -0.3 is 9.47 Å². The van der Waals surface area contributed by atoms with Crippen molar-refractivity contribution in [2.24, 2.45) is 0 Å². The van der Waals surface area contributed by atoms with E-state index in [1.54, 1.807) is 18.3 Å². The minimum absolute atomic E-state index is 0.106. The van der Waals surface area contributed by atoms with E-state index in [1.165, 1.54) is 12.3 Å². The minimum Gasteiger partial charge on any atom is -0.488 e. The number of hydrogen-bond donors (Lipinski definition) is 0. The summed E-state index contributed by atoms with van der Waals surface area (Å²) in [6, 6.07) is 18.1. The molecule has 186 valence electrons. The first-order valence-electron chi connectivity index (χ1n) is 11.3. The number of halogens is 3. The van der Waals surface area contributed by atoms with E-state index in [1.807, 2.05) is 49.4 Å². The highest BCUT2D eigenvalue weighted by Gasteiger charge is 2.15. The standard InChI is InChI=1S/C29H21BrClFN2O3/c1-18-21(4-2-5-23(18)24-6-3-7-26(30)25(24)11-32)17-37-29-10-28(22(15-35)9-27(29)31)36-16-20-8-19(12-33)13-34-14-20/h2-10,13-15H,11,16-17H2,1H3. The summed E-state index contributed by atoms with van der Waals surface area (Å²) in [6.45, 7) is 1.68. The highest BCUT2D eigenvalue weighted by atomic mass is 79.9. The Hall–Kier alpha value is -3.73. The lowest BCUT2D eigenvalue weighted by Gasteiger charge is -2.17. The number of alkyl halides is 1. The fraction of sp³-hybridized carbons (Fsp3) is 0.138. The lowest BCUT2D eigenvalue weighted by atomic mass is 9.94. The number of ether oxygens (including phenoxy) is 2. The van der Waals surface area contributed by atoms with Crippen molar-refractivity contribution in [2.75, 3.05) is 0 Å². The molecular formula is C29H21BrClFN2O3. The van der Waals surface area contributed by atoms with Gasteiger partial charge in [-0.15, -0.1) is 0 Å². The number of carbonyl (C=O) groups is 1. The molecule has 0 atom stereocenters. The third kappa shape index (κ3) is 5.99. The van der Waals surface area contributed by atoms with Gasteiger partial charge in [0.05, 0.1) is 16.1 Å². The maximum atomic E-state index is 13.8. The molecule has 0 radical (unpaired) electrons. The number of carbonyl (C=O) groups excluding carboxylic acids is 1. The van der Waals surface area contributed by atoms with E-state index in [2.05, 4.69) is 20.9 Å². The molecule has 0 aliphatic carbocycles. The van der Waals surface area contributed by atoms with E-state index >= 15 is 0 Å². The summed E-state index contributed by atoms with van der Waals surface area (Å²) in [5, 5.41) is 9.33. The van der Waals surface area contributed by atoms with Crippen molar-refractivity contribution in [2.45, 2.75) is 26.8 Å². The average Bonchev–Trinajstić information content (AvgIpc) is 2.92. The van der Waals surface area contributed by atoms with Crippen molar-refractivity contribution in [1.29, 1.82) is 5.26 Å². The molecule has 0 aliphatic heterocycles. The van der Waals surface area contributed by atoms with E-state index in [9.17, 15) is 9.18 Å². The van der Waals surface area contributed by atoms with Crippen LogP contribution >= 0.6 is 27.5 Å². The zero-order valence-electron chi connectivity index (χ0n) is 19.8. The van der Waals surface area contributed by atoms with Gasteiger partial charge in [-0.05, 0) is 47.4 Å². The van der Waals surface area contributed by atoms with Crippen LogP contribution in [0.2, 0.25) is 5.02 Å². The molecule has 3 aromatic carbocycles. The quantitative estimate of drug-likeness (QED) is 0.189. The van der Waals surface area contributed by atoms with Crippen molar-refractivity contribution in [1.82, 2.24) is 4.98 Å². The molecule has 1 aromatic heterocycles. The number of nitrogens with zero attached hydrogens (tertiary/aromatic N) is 2. The third-order valence-corrected chi connectivity index (χ3v) is 6.92. The molecule has 0 saturated carbocycles. The Kier molecular flexibility index (Phi) is 8.54. The lowest BCUT2D eigenvalue weighted by Crippen LogP contribution is -2.03. The first kappa shape index (κ1) is 26.3. The van der Waals surface area contributed by atoms with Gasteiger partial charge in [-0.2, -0.15) is 5.26 Å². The molecule has 0 bridgehead atoms. The Morgan fingerprint density at radius 1 is 1.05 bits per heavy atom. The van der Waals surface area contributed by atoms with Gasteiger partial charge in [-0.25, -0.2) is 4.39 Å². The molecule has 0 saturated heterocycles. The fourth-order valence-electron chi connectivity index (χ4n) is 3.90. The Morgan fingerprint density at radius 3 is 2.57 bits per heavy atom. The van der Waals surface area contributed by atoms with Gasteiger partial charge in [-0.1, -0.05) is 57.9 Å². The molecule has 4 rings (SSSR count). The molecule has 1 heterocycles. The number of aromatic nitrogens is 1. The number of rotatable bonds is 9. The Bertz CT molecular complexity index is 1500. The highest BCUT2D eigenvalue weighted by Crippen LogP contribution is 2.36. The molecular weight excluding hydrogens is 559 g/mol. The number of nitriles is 1. The Morgan fingerprint density at radius 2 is 1.81 bits per heavy atom. The summed E-state index contributed by atoms with van der Waals surface area (Å²) in [4.78, 5) is 15.6. The predicted molar refractivity (Wildman–Crippen MR) is 144 cm³/mol. The lowest BCUT2D eigenvalue weighted by molar-refractivity contribution is 0.111. The van der Waals surface area contributed by atoms with Crippen LogP contribution in [0.3, 0.4) is 0 Å². The van der Waals surface area contributed by atoms with Gasteiger partial charge in [0, 0.05) is 34.1 Å². The molecule has 5 nitrogen and oxygen atoms in total. The third-order valence-electron chi connectivity index (χ3n) is 5.88. The monoisotopic (exact) mass is 578 g/mol. The minimum atomic E-state index is -0.588. The van der Waals surface area contributed by atoms with Crippen molar-refractivity contribution in [3.8, 4) is 28.7 Å². The van der Waals surface area contributed by atoms with Crippen LogP contribution in [0.5, 0.6) is 11.5 Å². The van der Waals surface area contributed by atoms with E-state index in [0.29, 0.717) is 34.5 Å². The average molecular weight is 580 g/mol. The van der Waals surface area contributed by atoms with Gasteiger partial charge in [0.25, 0.3) is 0 Å². The number of benzene rings is 3. The van der Waals surface area contributed by atoms with Gasteiger partial charge in [0.1, 0.15) is 37.5 Å². The van der Waals surface area contributed by atoms with Crippen LogP contribution in [0.25, 0.3) is 11.1 Å². The molecule has 0 amide bonds. The van der Waals surface area contributed by atoms with Crippen molar-refractivity contribution >= 4 is 33.8 Å².